The summed E-state index contributed by atoms with van der Waals surface area (Å²) in [7, 11) is 0. The lowest BCUT2D eigenvalue weighted by atomic mass is 9.97. The Morgan fingerprint density at radius 2 is 1.73 bits per heavy atom. The van der Waals surface area contributed by atoms with Gasteiger partial charge < -0.3 is 9.47 Å². The van der Waals surface area contributed by atoms with Gasteiger partial charge in [-0.05, 0) is 18.3 Å². The summed E-state index contributed by atoms with van der Waals surface area (Å²) in [6, 6.07) is 0. The van der Waals surface area contributed by atoms with Crippen LogP contribution in [0, 0.1) is 11.8 Å². The van der Waals surface area contributed by atoms with Gasteiger partial charge in [-0.15, -0.1) is 0 Å². The van der Waals surface area contributed by atoms with Gasteiger partial charge in [0.2, 0.25) is 0 Å². The highest BCUT2D eigenvalue weighted by Gasteiger charge is 2.17. The van der Waals surface area contributed by atoms with Gasteiger partial charge in [0.15, 0.2) is 6.29 Å². The summed E-state index contributed by atoms with van der Waals surface area (Å²) in [5.41, 5.74) is 0. The molecule has 0 radical (unpaired) electrons. The van der Waals surface area contributed by atoms with Gasteiger partial charge in [0.25, 0.3) is 0 Å². The molecule has 90 valence electrons. The highest BCUT2D eigenvalue weighted by molar-refractivity contribution is 4.60. The van der Waals surface area contributed by atoms with Crippen molar-refractivity contribution in [2.45, 2.75) is 59.2 Å². The van der Waals surface area contributed by atoms with Crippen LogP contribution in [0.3, 0.4) is 0 Å². The van der Waals surface area contributed by atoms with Gasteiger partial charge in [-0.25, -0.2) is 0 Å². The first-order chi connectivity index (χ1) is 7.18. The van der Waals surface area contributed by atoms with E-state index in [2.05, 4.69) is 20.8 Å². The fourth-order valence-electron chi connectivity index (χ4n) is 1.99. The molecule has 1 aliphatic rings. The minimum absolute atomic E-state index is 0.0767. The molecule has 0 aromatic carbocycles. The first kappa shape index (κ1) is 13.0. The highest BCUT2D eigenvalue weighted by Crippen LogP contribution is 2.20. The maximum absolute atomic E-state index is 5.55. The van der Waals surface area contributed by atoms with Crippen LogP contribution in [0.2, 0.25) is 0 Å². The van der Waals surface area contributed by atoms with E-state index < -0.39 is 0 Å². The van der Waals surface area contributed by atoms with E-state index in [1.807, 2.05) is 0 Å². The Hall–Kier alpha value is -0.0800. The van der Waals surface area contributed by atoms with Crippen molar-refractivity contribution in [1.82, 2.24) is 0 Å². The average molecular weight is 214 g/mol. The second-order valence-electron chi connectivity index (χ2n) is 5.19. The Labute approximate surface area is 94.3 Å². The zero-order valence-corrected chi connectivity index (χ0v) is 10.5. The van der Waals surface area contributed by atoms with E-state index in [-0.39, 0.29) is 6.29 Å². The van der Waals surface area contributed by atoms with Crippen molar-refractivity contribution in [3.8, 4) is 0 Å². The van der Waals surface area contributed by atoms with E-state index in [1.165, 1.54) is 19.3 Å². The van der Waals surface area contributed by atoms with Gasteiger partial charge in [0.1, 0.15) is 0 Å². The molecule has 1 heterocycles. The van der Waals surface area contributed by atoms with Gasteiger partial charge in [-0.2, -0.15) is 0 Å². The van der Waals surface area contributed by atoms with Crippen LogP contribution < -0.4 is 0 Å². The van der Waals surface area contributed by atoms with E-state index in [1.54, 1.807) is 0 Å². The maximum Gasteiger partial charge on any atom is 0.157 e. The molecule has 0 aromatic rings. The summed E-state index contributed by atoms with van der Waals surface area (Å²) >= 11 is 0. The molecule has 1 saturated heterocycles. The molecular formula is C13H26O2. The molecule has 0 amide bonds. The maximum atomic E-state index is 5.55. The Bertz CT molecular complexity index is 151. The molecule has 1 unspecified atom stereocenters. The summed E-state index contributed by atoms with van der Waals surface area (Å²) in [5.74, 6) is 1.56. The van der Waals surface area contributed by atoms with Crippen molar-refractivity contribution in [2.24, 2.45) is 11.8 Å². The predicted molar refractivity (Wildman–Crippen MR) is 62.8 cm³/mol. The van der Waals surface area contributed by atoms with Gasteiger partial charge in [-0.1, -0.05) is 40.0 Å². The molecule has 1 rings (SSSR count). The Kier molecular flexibility index (Phi) is 6.26. The Balaban J connectivity index is 2.03. The summed E-state index contributed by atoms with van der Waals surface area (Å²) in [4.78, 5) is 0. The van der Waals surface area contributed by atoms with E-state index in [0.29, 0.717) is 0 Å². The number of hydrogen-bond donors (Lipinski definition) is 0. The van der Waals surface area contributed by atoms with Crippen LogP contribution in [0.4, 0.5) is 0 Å². The fraction of sp³-hybridized carbons (Fsp3) is 1.00. The average Bonchev–Trinajstić information content (AvgIpc) is 2.18. The third-order valence-electron chi connectivity index (χ3n) is 2.97. The molecule has 0 aliphatic carbocycles. The molecule has 0 N–H and O–H groups in total. The Morgan fingerprint density at radius 3 is 2.33 bits per heavy atom. The van der Waals surface area contributed by atoms with E-state index >= 15 is 0 Å². The van der Waals surface area contributed by atoms with Crippen LogP contribution >= 0.6 is 0 Å². The molecule has 0 spiro atoms. The summed E-state index contributed by atoms with van der Waals surface area (Å²) in [6.45, 7) is 8.64. The van der Waals surface area contributed by atoms with Crippen LogP contribution in [-0.4, -0.2) is 19.5 Å². The quantitative estimate of drug-likeness (QED) is 0.672. The van der Waals surface area contributed by atoms with E-state index in [4.69, 9.17) is 9.47 Å². The third-order valence-corrected chi connectivity index (χ3v) is 2.97. The number of rotatable bonds is 6. The molecule has 0 bridgehead atoms. The standard InChI is InChI=1S/C13H26O2/c1-11(2)6-4-7-12(3)10-13-14-8-5-9-15-13/h11-13H,4-10H2,1-3H3. The second-order valence-corrected chi connectivity index (χ2v) is 5.19. The SMILES string of the molecule is CC(C)CCCC(C)CC1OCCCO1. The smallest absolute Gasteiger partial charge is 0.157 e. The summed E-state index contributed by atoms with van der Waals surface area (Å²) in [5, 5.41) is 0. The lowest BCUT2D eigenvalue weighted by molar-refractivity contribution is -0.186. The molecule has 0 aromatic heterocycles. The molecule has 1 fully saturated rings. The minimum Gasteiger partial charge on any atom is -0.353 e. The van der Waals surface area contributed by atoms with Gasteiger partial charge in [-0.3, -0.25) is 0 Å². The number of hydrogen-bond acceptors (Lipinski definition) is 2. The van der Waals surface area contributed by atoms with Crippen molar-refractivity contribution >= 4 is 0 Å². The van der Waals surface area contributed by atoms with Crippen LogP contribution in [0.5, 0.6) is 0 Å². The first-order valence-electron chi connectivity index (χ1n) is 6.41. The zero-order chi connectivity index (χ0) is 11.1. The molecule has 2 nitrogen and oxygen atoms in total. The molecule has 2 heteroatoms. The van der Waals surface area contributed by atoms with Gasteiger partial charge in [0, 0.05) is 6.42 Å². The van der Waals surface area contributed by atoms with Crippen molar-refractivity contribution in [3.63, 3.8) is 0 Å². The fourth-order valence-corrected chi connectivity index (χ4v) is 1.99. The summed E-state index contributed by atoms with van der Waals surface area (Å²) in [6.07, 6.45) is 6.19. The van der Waals surface area contributed by atoms with Crippen LogP contribution in [0.25, 0.3) is 0 Å². The molecule has 0 saturated carbocycles. The number of ether oxygens (including phenoxy) is 2. The lowest BCUT2D eigenvalue weighted by Crippen LogP contribution is -2.26. The molecular weight excluding hydrogens is 188 g/mol. The Morgan fingerprint density at radius 1 is 1.07 bits per heavy atom. The van der Waals surface area contributed by atoms with Crippen LogP contribution in [0.15, 0.2) is 0 Å². The molecule has 1 aliphatic heterocycles. The van der Waals surface area contributed by atoms with Gasteiger partial charge in [0.05, 0.1) is 13.2 Å². The lowest BCUT2D eigenvalue weighted by Gasteiger charge is -2.25. The molecule has 1 atom stereocenters. The third kappa shape index (κ3) is 6.16. The van der Waals surface area contributed by atoms with Crippen molar-refractivity contribution < 1.29 is 9.47 Å². The van der Waals surface area contributed by atoms with Crippen LogP contribution in [0.1, 0.15) is 52.9 Å². The van der Waals surface area contributed by atoms with Crippen molar-refractivity contribution in [3.05, 3.63) is 0 Å². The van der Waals surface area contributed by atoms with E-state index in [0.717, 1.165) is 37.9 Å². The monoisotopic (exact) mass is 214 g/mol. The zero-order valence-electron chi connectivity index (χ0n) is 10.5. The van der Waals surface area contributed by atoms with Crippen LogP contribution in [-0.2, 0) is 9.47 Å². The van der Waals surface area contributed by atoms with Crippen molar-refractivity contribution in [1.29, 1.82) is 0 Å². The minimum atomic E-state index is 0.0767. The molecule has 15 heavy (non-hydrogen) atoms. The second kappa shape index (κ2) is 7.24. The predicted octanol–water partition coefficient (Wildman–Crippen LogP) is 3.60. The summed E-state index contributed by atoms with van der Waals surface area (Å²) < 4.78 is 11.1. The van der Waals surface area contributed by atoms with E-state index in [9.17, 15) is 0 Å². The largest absolute Gasteiger partial charge is 0.353 e. The first-order valence-corrected chi connectivity index (χ1v) is 6.41. The van der Waals surface area contributed by atoms with Crippen molar-refractivity contribution in [2.75, 3.05) is 13.2 Å². The topological polar surface area (TPSA) is 18.5 Å². The normalized spacial score (nSPS) is 20.8. The highest BCUT2D eigenvalue weighted by atomic mass is 16.7. The van der Waals surface area contributed by atoms with Gasteiger partial charge >= 0.3 is 0 Å².